The van der Waals surface area contributed by atoms with Gasteiger partial charge in [0.15, 0.2) is 5.03 Å². The number of nitrogens with one attached hydrogen (secondary N) is 1. The lowest BCUT2D eigenvalue weighted by Crippen LogP contribution is -2.48. The zero-order valence-corrected chi connectivity index (χ0v) is 18.8. The monoisotopic (exact) mass is 455 g/mol. The molecular weight excluding hydrogens is 428 g/mol. The standard InChI is InChI=1S/C20H27F2N5O3S/c1-13(21)16-12-18(26(4)25-16)31(29,30)20(2,3)14-6-9-27(10-7-14)19(28)24-15-5-8-23-17(22)11-15/h5,8,11-14H,6-7,9-10H2,1-4H3,(H,23,24,28). The third kappa shape index (κ3) is 4.56. The van der Waals surface area contributed by atoms with E-state index in [2.05, 4.69) is 15.4 Å². The number of anilines is 1. The maximum atomic E-state index is 13.6. The number of halogens is 2. The number of sulfone groups is 1. The van der Waals surface area contributed by atoms with Crippen LogP contribution in [0.2, 0.25) is 0 Å². The molecule has 1 unspecified atom stereocenters. The van der Waals surface area contributed by atoms with Crippen molar-refractivity contribution in [2.45, 2.75) is 49.6 Å². The Hall–Kier alpha value is -2.56. The molecule has 1 fully saturated rings. The summed E-state index contributed by atoms with van der Waals surface area (Å²) in [5, 5.41) is 6.59. The van der Waals surface area contributed by atoms with Gasteiger partial charge >= 0.3 is 6.03 Å². The van der Waals surface area contributed by atoms with Gasteiger partial charge in [-0.15, -0.1) is 0 Å². The predicted octanol–water partition coefficient (Wildman–Crippen LogP) is 3.48. The summed E-state index contributed by atoms with van der Waals surface area (Å²) in [6.45, 7) is 5.36. The van der Waals surface area contributed by atoms with Crippen molar-refractivity contribution in [1.82, 2.24) is 19.7 Å². The van der Waals surface area contributed by atoms with E-state index >= 15 is 0 Å². The number of nitrogens with zero attached hydrogens (tertiary/aromatic N) is 4. The largest absolute Gasteiger partial charge is 0.325 e. The molecular formula is C20H27F2N5O3S. The Bertz CT molecular complexity index is 1060. The number of hydrogen-bond acceptors (Lipinski definition) is 5. The number of pyridine rings is 1. The van der Waals surface area contributed by atoms with Crippen LogP contribution in [0.15, 0.2) is 29.4 Å². The van der Waals surface area contributed by atoms with E-state index in [1.54, 1.807) is 18.7 Å². The minimum Gasteiger partial charge on any atom is -0.325 e. The van der Waals surface area contributed by atoms with Gasteiger partial charge in [-0.1, -0.05) is 0 Å². The van der Waals surface area contributed by atoms with Crippen molar-refractivity contribution in [3.63, 3.8) is 0 Å². The van der Waals surface area contributed by atoms with Gasteiger partial charge in [-0.2, -0.15) is 9.49 Å². The van der Waals surface area contributed by atoms with Crippen LogP contribution in [0.5, 0.6) is 0 Å². The molecule has 0 bridgehead atoms. The number of alkyl halides is 1. The summed E-state index contributed by atoms with van der Waals surface area (Å²) in [7, 11) is -2.32. The third-order valence-electron chi connectivity index (χ3n) is 5.97. The second kappa shape index (κ2) is 8.52. The van der Waals surface area contributed by atoms with Gasteiger partial charge in [0.05, 0.1) is 10.4 Å². The molecule has 170 valence electrons. The number of aryl methyl sites for hydroxylation is 1. The zero-order valence-electron chi connectivity index (χ0n) is 18.0. The second-order valence-electron chi connectivity index (χ2n) is 8.31. The molecule has 0 radical (unpaired) electrons. The van der Waals surface area contributed by atoms with Crippen LogP contribution in [0.4, 0.5) is 19.3 Å². The van der Waals surface area contributed by atoms with E-state index in [0.717, 1.165) is 6.07 Å². The van der Waals surface area contributed by atoms with Crippen LogP contribution in [0.1, 0.15) is 45.5 Å². The van der Waals surface area contributed by atoms with Crippen LogP contribution >= 0.6 is 0 Å². The molecule has 0 aromatic carbocycles. The van der Waals surface area contributed by atoms with E-state index in [9.17, 15) is 22.0 Å². The summed E-state index contributed by atoms with van der Waals surface area (Å²) in [4.78, 5) is 17.5. The average Bonchev–Trinajstić information content (AvgIpc) is 3.11. The zero-order chi connectivity index (χ0) is 23.0. The number of carbonyl (C=O) groups excluding carboxylic acids is 1. The Kier molecular flexibility index (Phi) is 6.35. The molecule has 8 nitrogen and oxygen atoms in total. The number of rotatable bonds is 5. The first-order valence-electron chi connectivity index (χ1n) is 10.0. The molecule has 31 heavy (non-hydrogen) atoms. The van der Waals surface area contributed by atoms with Crippen LogP contribution in [-0.2, 0) is 16.9 Å². The van der Waals surface area contributed by atoms with E-state index < -0.39 is 26.7 Å². The number of urea groups is 1. The highest BCUT2D eigenvalue weighted by molar-refractivity contribution is 7.92. The molecule has 3 rings (SSSR count). The fourth-order valence-corrected chi connectivity index (χ4v) is 5.74. The van der Waals surface area contributed by atoms with Crippen LogP contribution in [0.3, 0.4) is 0 Å². The van der Waals surface area contributed by atoms with Crippen LogP contribution in [0.25, 0.3) is 0 Å². The molecule has 1 aliphatic rings. The maximum absolute atomic E-state index is 13.6. The quantitative estimate of drug-likeness (QED) is 0.696. The average molecular weight is 456 g/mol. The van der Waals surface area contributed by atoms with Crippen molar-refractivity contribution < 1.29 is 22.0 Å². The highest BCUT2D eigenvalue weighted by atomic mass is 32.2. The summed E-state index contributed by atoms with van der Waals surface area (Å²) in [6, 6.07) is 3.53. The van der Waals surface area contributed by atoms with Gasteiger partial charge in [-0.05, 0) is 45.6 Å². The van der Waals surface area contributed by atoms with Gasteiger partial charge in [-0.3, -0.25) is 4.68 Å². The first-order valence-corrected chi connectivity index (χ1v) is 11.5. The molecule has 2 amide bonds. The number of carbonyl (C=O) groups is 1. The molecule has 1 aliphatic heterocycles. The number of amides is 2. The molecule has 0 aliphatic carbocycles. The van der Waals surface area contributed by atoms with Crippen molar-refractivity contribution in [1.29, 1.82) is 0 Å². The fraction of sp³-hybridized carbons (Fsp3) is 0.550. The Balaban J connectivity index is 1.69. The van der Waals surface area contributed by atoms with E-state index in [1.807, 2.05) is 0 Å². The molecule has 1 atom stereocenters. The highest BCUT2D eigenvalue weighted by Gasteiger charge is 2.45. The first-order chi connectivity index (χ1) is 14.4. The van der Waals surface area contributed by atoms with E-state index in [-0.39, 0.29) is 22.7 Å². The first kappa shape index (κ1) is 23.1. The van der Waals surface area contributed by atoms with Crippen molar-refractivity contribution in [2.75, 3.05) is 18.4 Å². The summed E-state index contributed by atoms with van der Waals surface area (Å²) in [5.41, 5.74) is 0.382. The topological polar surface area (TPSA) is 97.2 Å². The Morgan fingerprint density at radius 2 is 1.94 bits per heavy atom. The van der Waals surface area contributed by atoms with Gasteiger partial charge in [0.1, 0.15) is 6.17 Å². The van der Waals surface area contributed by atoms with E-state index in [4.69, 9.17) is 0 Å². The molecule has 1 N–H and O–H groups in total. The van der Waals surface area contributed by atoms with Gasteiger partial charge in [0, 0.05) is 44.2 Å². The van der Waals surface area contributed by atoms with E-state index in [1.165, 1.54) is 37.0 Å². The fourth-order valence-electron chi connectivity index (χ4n) is 3.87. The molecule has 0 saturated carbocycles. The Morgan fingerprint density at radius 3 is 2.48 bits per heavy atom. The molecule has 0 spiro atoms. The van der Waals surface area contributed by atoms with Crippen LogP contribution in [-0.4, -0.2) is 51.9 Å². The van der Waals surface area contributed by atoms with Crippen molar-refractivity contribution in [3.8, 4) is 0 Å². The molecule has 11 heteroatoms. The lowest BCUT2D eigenvalue weighted by atomic mass is 9.86. The number of piperidine rings is 1. The lowest BCUT2D eigenvalue weighted by Gasteiger charge is -2.40. The minimum atomic E-state index is -3.81. The Morgan fingerprint density at radius 1 is 1.29 bits per heavy atom. The predicted molar refractivity (Wildman–Crippen MR) is 112 cm³/mol. The molecule has 2 aromatic rings. The second-order valence-corrected chi connectivity index (χ2v) is 10.8. The summed E-state index contributed by atoms with van der Waals surface area (Å²) >= 11 is 0. The minimum absolute atomic E-state index is 0.0168. The maximum Gasteiger partial charge on any atom is 0.321 e. The SMILES string of the molecule is CC(F)c1cc(S(=O)(=O)C(C)(C)C2CCN(C(=O)Nc3ccnc(F)c3)CC2)n(C)n1. The van der Waals surface area contributed by atoms with Gasteiger partial charge in [0.25, 0.3) is 0 Å². The van der Waals surface area contributed by atoms with Crippen LogP contribution in [0, 0.1) is 11.9 Å². The van der Waals surface area contributed by atoms with Gasteiger partial charge in [-0.25, -0.2) is 22.6 Å². The molecule has 2 aromatic heterocycles. The molecule has 1 saturated heterocycles. The normalized spacial score (nSPS) is 16.9. The highest BCUT2D eigenvalue weighted by Crippen LogP contribution is 2.38. The van der Waals surface area contributed by atoms with Gasteiger partial charge in [0.2, 0.25) is 15.8 Å². The number of aromatic nitrogens is 3. The van der Waals surface area contributed by atoms with Crippen LogP contribution < -0.4 is 5.32 Å². The molecule has 3 heterocycles. The van der Waals surface area contributed by atoms with Crippen molar-refractivity contribution in [3.05, 3.63) is 36.0 Å². The van der Waals surface area contributed by atoms with Crippen molar-refractivity contribution in [2.24, 2.45) is 13.0 Å². The summed E-state index contributed by atoms with van der Waals surface area (Å²) in [5.74, 6) is -0.898. The summed E-state index contributed by atoms with van der Waals surface area (Å²) in [6.07, 6.45) is 0.857. The lowest BCUT2D eigenvalue weighted by molar-refractivity contribution is 0.171. The number of hydrogen-bond donors (Lipinski definition) is 1. The number of likely N-dealkylation sites (tertiary alicyclic amines) is 1. The van der Waals surface area contributed by atoms with Gasteiger partial charge < -0.3 is 10.2 Å². The summed E-state index contributed by atoms with van der Waals surface area (Å²) < 4.78 is 53.7. The third-order valence-corrected chi connectivity index (χ3v) is 8.63. The smallest absolute Gasteiger partial charge is 0.321 e. The van der Waals surface area contributed by atoms with E-state index in [0.29, 0.717) is 31.6 Å². The van der Waals surface area contributed by atoms with Crippen molar-refractivity contribution >= 4 is 21.6 Å². The Labute approximate surface area is 180 Å².